The van der Waals surface area contributed by atoms with E-state index in [1.54, 1.807) is 0 Å². The molecule has 0 amide bonds. The van der Waals surface area contributed by atoms with Crippen LogP contribution in [0.5, 0.6) is 0 Å². The number of hydrogen-bond acceptors (Lipinski definition) is 2. The van der Waals surface area contributed by atoms with Gasteiger partial charge in [-0.25, -0.2) is 0 Å². The largest absolute Gasteiger partial charge is 0.316 e. The van der Waals surface area contributed by atoms with Crippen LogP contribution >= 0.6 is 0 Å². The van der Waals surface area contributed by atoms with E-state index in [0.717, 1.165) is 13.0 Å². The topological polar surface area (TPSA) is 38.0 Å². The van der Waals surface area contributed by atoms with Gasteiger partial charge in [0.25, 0.3) is 0 Å². The molecule has 0 aliphatic rings. The van der Waals surface area contributed by atoms with E-state index in [1.165, 1.54) is 89.9 Å². The summed E-state index contributed by atoms with van der Waals surface area (Å²) in [5, 5.41) is 3.40. The Bertz CT molecular complexity index is 182. The Hall–Kier alpha value is -0.0800. The van der Waals surface area contributed by atoms with Crippen molar-refractivity contribution in [3.63, 3.8) is 0 Å². The smallest absolute Gasteiger partial charge is 0.0546 e. The van der Waals surface area contributed by atoms with Gasteiger partial charge in [0.1, 0.15) is 0 Å². The van der Waals surface area contributed by atoms with E-state index in [-0.39, 0.29) is 6.17 Å². The molecule has 0 saturated heterocycles. The average Bonchev–Trinajstić information content (AvgIpc) is 2.48. The summed E-state index contributed by atoms with van der Waals surface area (Å²) in [6.07, 6.45) is 20.9. The van der Waals surface area contributed by atoms with E-state index in [1.807, 2.05) is 0 Å². The van der Waals surface area contributed by atoms with E-state index in [9.17, 15) is 0 Å². The molecule has 0 aliphatic heterocycles. The van der Waals surface area contributed by atoms with Gasteiger partial charge in [0.2, 0.25) is 0 Å². The lowest BCUT2D eigenvalue weighted by Crippen LogP contribution is -2.37. The van der Waals surface area contributed by atoms with Gasteiger partial charge in [-0.2, -0.15) is 0 Å². The zero-order valence-corrected chi connectivity index (χ0v) is 15.0. The molecule has 0 fully saturated rings. The van der Waals surface area contributed by atoms with Crippen molar-refractivity contribution in [2.45, 2.75) is 116 Å². The maximum absolute atomic E-state index is 5.92. The summed E-state index contributed by atoms with van der Waals surface area (Å²) in [4.78, 5) is 0. The number of rotatable bonds is 17. The third-order valence-corrected chi connectivity index (χ3v) is 4.29. The molecule has 0 radical (unpaired) electrons. The van der Waals surface area contributed by atoms with Crippen molar-refractivity contribution in [1.82, 2.24) is 5.32 Å². The van der Waals surface area contributed by atoms with Gasteiger partial charge < -0.3 is 11.1 Å². The molecule has 0 rings (SSSR count). The monoisotopic (exact) mass is 298 g/mol. The van der Waals surface area contributed by atoms with Gasteiger partial charge in [0.05, 0.1) is 6.17 Å². The fourth-order valence-electron chi connectivity index (χ4n) is 2.84. The highest BCUT2D eigenvalue weighted by Gasteiger charge is 1.98. The van der Waals surface area contributed by atoms with Crippen LogP contribution in [0.25, 0.3) is 0 Å². The van der Waals surface area contributed by atoms with Gasteiger partial charge in [0, 0.05) is 0 Å². The molecular formula is C19H42N2. The standard InChI is InChI=1S/C19H42N2/c1-3-5-6-7-8-9-10-11-12-13-14-15-16-18-21-19(20)17-4-2/h19,21H,3-18,20H2,1-2H3. The minimum Gasteiger partial charge on any atom is -0.316 e. The predicted molar refractivity (Wildman–Crippen MR) is 96.6 cm³/mol. The molecule has 2 heteroatoms. The third kappa shape index (κ3) is 17.9. The van der Waals surface area contributed by atoms with Gasteiger partial charge in [-0.15, -0.1) is 0 Å². The second kappa shape index (κ2) is 18.0. The van der Waals surface area contributed by atoms with Crippen molar-refractivity contribution >= 4 is 0 Å². The zero-order valence-electron chi connectivity index (χ0n) is 15.0. The van der Waals surface area contributed by atoms with Crippen LogP contribution in [-0.4, -0.2) is 12.7 Å². The Morgan fingerprint density at radius 3 is 1.48 bits per heavy atom. The summed E-state index contributed by atoms with van der Waals surface area (Å²) < 4.78 is 0. The van der Waals surface area contributed by atoms with E-state index in [4.69, 9.17) is 5.73 Å². The summed E-state index contributed by atoms with van der Waals surface area (Å²) in [5.74, 6) is 0. The van der Waals surface area contributed by atoms with Crippen molar-refractivity contribution in [3.8, 4) is 0 Å². The number of hydrogen-bond donors (Lipinski definition) is 2. The average molecular weight is 299 g/mol. The lowest BCUT2D eigenvalue weighted by molar-refractivity contribution is 0.470. The molecule has 0 aromatic rings. The number of nitrogens with one attached hydrogen (secondary N) is 1. The Morgan fingerprint density at radius 1 is 0.619 bits per heavy atom. The highest BCUT2D eigenvalue weighted by molar-refractivity contribution is 4.58. The van der Waals surface area contributed by atoms with Crippen molar-refractivity contribution < 1.29 is 0 Å². The quantitative estimate of drug-likeness (QED) is 0.265. The van der Waals surface area contributed by atoms with Crippen LogP contribution in [0, 0.1) is 0 Å². The number of unbranched alkanes of at least 4 members (excludes halogenated alkanes) is 12. The van der Waals surface area contributed by atoms with Gasteiger partial charge in [0.15, 0.2) is 0 Å². The van der Waals surface area contributed by atoms with Gasteiger partial charge in [-0.1, -0.05) is 97.3 Å². The first kappa shape index (κ1) is 20.9. The van der Waals surface area contributed by atoms with Gasteiger partial charge in [-0.3, -0.25) is 0 Å². The molecule has 2 nitrogen and oxygen atoms in total. The minimum absolute atomic E-state index is 0.215. The minimum atomic E-state index is 0.215. The summed E-state index contributed by atoms with van der Waals surface area (Å²) >= 11 is 0. The van der Waals surface area contributed by atoms with E-state index >= 15 is 0 Å². The molecule has 0 aliphatic carbocycles. The SMILES string of the molecule is CCCCCCCCCCCCCCCNC(N)CCC. The Kier molecular flexibility index (Phi) is 17.9. The zero-order chi connectivity index (χ0) is 15.6. The molecule has 1 atom stereocenters. The molecule has 0 spiro atoms. The maximum atomic E-state index is 5.92. The highest BCUT2D eigenvalue weighted by atomic mass is 15.0. The summed E-state index contributed by atoms with van der Waals surface area (Å²) in [5.41, 5.74) is 5.92. The van der Waals surface area contributed by atoms with Crippen LogP contribution < -0.4 is 11.1 Å². The van der Waals surface area contributed by atoms with Crippen LogP contribution in [0.1, 0.15) is 110 Å². The van der Waals surface area contributed by atoms with Crippen LogP contribution in [0.4, 0.5) is 0 Å². The normalized spacial score (nSPS) is 12.7. The molecule has 128 valence electrons. The molecule has 3 N–H and O–H groups in total. The van der Waals surface area contributed by atoms with E-state index < -0.39 is 0 Å². The lowest BCUT2D eigenvalue weighted by Gasteiger charge is -2.12. The van der Waals surface area contributed by atoms with Crippen molar-refractivity contribution in [1.29, 1.82) is 0 Å². The summed E-state index contributed by atoms with van der Waals surface area (Å²) in [7, 11) is 0. The molecule has 0 heterocycles. The Morgan fingerprint density at radius 2 is 1.05 bits per heavy atom. The first-order valence-corrected chi connectivity index (χ1v) is 9.80. The Balaban J connectivity index is 2.99. The van der Waals surface area contributed by atoms with Crippen LogP contribution in [0.2, 0.25) is 0 Å². The van der Waals surface area contributed by atoms with Crippen molar-refractivity contribution in [2.24, 2.45) is 5.73 Å². The third-order valence-electron chi connectivity index (χ3n) is 4.29. The molecule has 0 saturated carbocycles. The van der Waals surface area contributed by atoms with Crippen LogP contribution in [0.3, 0.4) is 0 Å². The Labute approximate surface area is 134 Å². The van der Waals surface area contributed by atoms with Crippen LogP contribution in [-0.2, 0) is 0 Å². The van der Waals surface area contributed by atoms with E-state index in [0.29, 0.717) is 0 Å². The molecule has 1 unspecified atom stereocenters. The first-order chi connectivity index (χ1) is 10.3. The molecule has 0 bridgehead atoms. The molecular weight excluding hydrogens is 256 g/mol. The fraction of sp³-hybridized carbons (Fsp3) is 1.00. The molecule has 21 heavy (non-hydrogen) atoms. The highest BCUT2D eigenvalue weighted by Crippen LogP contribution is 2.12. The first-order valence-electron chi connectivity index (χ1n) is 9.80. The van der Waals surface area contributed by atoms with Crippen molar-refractivity contribution in [2.75, 3.05) is 6.54 Å². The summed E-state index contributed by atoms with van der Waals surface area (Å²) in [6, 6.07) is 0. The van der Waals surface area contributed by atoms with Crippen LogP contribution in [0.15, 0.2) is 0 Å². The second-order valence-corrected chi connectivity index (χ2v) is 6.59. The number of nitrogens with two attached hydrogens (primary N) is 1. The van der Waals surface area contributed by atoms with Gasteiger partial charge >= 0.3 is 0 Å². The maximum Gasteiger partial charge on any atom is 0.0546 e. The molecule has 0 aromatic heterocycles. The summed E-state index contributed by atoms with van der Waals surface area (Å²) in [6.45, 7) is 5.57. The fourth-order valence-corrected chi connectivity index (χ4v) is 2.84. The predicted octanol–water partition coefficient (Wildman–Crippen LogP) is 5.75. The van der Waals surface area contributed by atoms with Crippen molar-refractivity contribution in [3.05, 3.63) is 0 Å². The van der Waals surface area contributed by atoms with Gasteiger partial charge in [-0.05, 0) is 19.4 Å². The lowest BCUT2D eigenvalue weighted by atomic mass is 10.0. The molecule has 0 aromatic carbocycles. The van der Waals surface area contributed by atoms with E-state index in [2.05, 4.69) is 19.2 Å². The second-order valence-electron chi connectivity index (χ2n) is 6.59.